The van der Waals surface area contributed by atoms with Crippen LogP contribution in [0.5, 0.6) is 0 Å². The molecule has 1 amide bonds. The minimum atomic E-state index is -3.63. The number of aromatic nitrogens is 1. The number of piperidine rings is 1. The molecule has 1 aromatic heterocycles. The zero-order chi connectivity index (χ0) is 22.7. The number of nitrogens with one attached hydrogen (secondary N) is 1. The lowest BCUT2D eigenvalue weighted by Gasteiger charge is -2.34. The molecule has 1 N–H and O–H groups in total. The number of hydrogen-bond acceptors (Lipinski definition) is 5. The van der Waals surface area contributed by atoms with Crippen molar-refractivity contribution in [2.24, 2.45) is 11.8 Å². The van der Waals surface area contributed by atoms with Gasteiger partial charge in [0.1, 0.15) is 5.82 Å². The average Bonchev–Trinajstić information content (AvgIpc) is 3.32. The number of sulfonamides is 1. The van der Waals surface area contributed by atoms with E-state index in [2.05, 4.69) is 29.0 Å². The molecule has 0 aliphatic carbocycles. The maximum absolute atomic E-state index is 13.2. The Morgan fingerprint density at radius 3 is 2.53 bits per heavy atom. The van der Waals surface area contributed by atoms with Crippen LogP contribution in [-0.2, 0) is 16.6 Å². The van der Waals surface area contributed by atoms with E-state index in [1.54, 1.807) is 28.7 Å². The molecule has 0 spiro atoms. The number of benzene rings is 1. The number of anilines is 1. The summed E-state index contributed by atoms with van der Waals surface area (Å²) >= 11 is 0. The highest BCUT2D eigenvalue weighted by Crippen LogP contribution is 2.27. The van der Waals surface area contributed by atoms with Crippen molar-refractivity contribution in [3.63, 3.8) is 0 Å². The first kappa shape index (κ1) is 22.7. The topological polar surface area (TPSA) is 82.6 Å². The molecule has 4 rings (SSSR count). The Morgan fingerprint density at radius 2 is 1.81 bits per heavy atom. The number of rotatable bonds is 6. The highest BCUT2D eigenvalue weighted by Gasteiger charge is 2.32. The number of carbonyl (C=O) groups is 1. The molecule has 8 heteroatoms. The first-order chi connectivity index (χ1) is 15.3. The van der Waals surface area contributed by atoms with E-state index in [0.29, 0.717) is 37.0 Å². The molecule has 2 unspecified atom stereocenters. The number of carbonyl (C=O) groups excluding carboxylic acids is 1. The van der Waals surface area contributed by atoms with Gasteiger partial charge in [-0.2, -0.15) is 4.31 Å². The Kier molecular flexibility index (Phi) is 6.81. The Morgan fingerprint density at radius 1 is 1.09 bits per heavy atom. The van der Waals surface area contributed by atoms with Gasteiger partial charge in [-0.05, 0) is 67.0 Å². The van der Waals surface area contributed by atoms with Crippen LogP contribution in [0, 0.1) is 11.8 Å². The van der Waals surface area contributed by atoms with E-state index in [9.17, 15) is 13.2 Å². The predicted molar refractivity (Wildman–Crippen MR) is 125 cm³/mol. The Hall–Kier alpha value is -2.45. The van der Waals surface area contributed by atoms with Crippen LogP contribution < -0.4 is 10.2 Å². The molecular weight excluding hydrogens is 424 g/mol. The van der Waals surface area contributed by atoms with Crippen molar-refractivity contribution in [3.8, 4) is 0 Å². The fourth-order valence-electron chi connectivity index (χ4n) is 4.72. The van der Waals surface area contributed by atoms with Crippen LogP contribution >= 0.6 is 0 Å². The standard InChI is InChI=1S/C24H32N4O3S/c1-18-12-19(2)17-28(16-18)32(30,31)22-7-5-6-21(14-22)24(29)26-15-20-8-9-25-23(13-20)27-10-3-4-11-27/h5-9,13-14,18-19H,3-4,10-12,15-17H2,1-2H3,(H,26,29). The number of hydrogen-bond donors (Lipinski definition) is 1. The van der Waals surface area contributed by atoms with E-state index in [0.717, 1.165) is 30.9 Å². The molecule has 2 fully saturated rings. The fourth-order valence-corrected chi connectivity index (χ4v) is 6.45. The lowest BCUT2D eigenvalue weighted by Crippen LogP contribution is -2.42. The van der Waals surface area contributed by atoms with E-state index < -0.39 is 10.0 Å². The van der Waals surface area contributed by atoms with Gasteiger partial charge in [-0.1, -0.05) is 19.9 Å². The van der Waals surface area contributed by atoms with Gasteiger partial charge in [0.2, 0.25) is 10.0 Å². The van der Waals surface area contributed by atoms with Crippen molar-refractivity contribution in [2.45, 2.75) is 44.6 Å². The Labute approximate surface area is 190 Å². The highest BCUT2D eigenvalue weighted by molar-refractivity contribution is 7.89. The third-order valence-electron chi connectivity index (χ3n) is 6.26. The molecule has 2 aromatic rings. The fraction of sp³-hybridized carbons (Fsp3) is 0.500. The van der Waals surface area contributed by atoms with Gasteiger partial charge < -0.3 is 10.2 Å². The van der Waals surface area contributed by atoms with Crippen molar-refractivity contribution in [1.82, 2.24) is 14.6 Å². The van der Waals surface area contributed by atoms with Gasteiger partial charge in [0, 0.05) is 44.5 Å². The molecular formula is C24H32N4O3S. The van der Waals surface area contributed by atoms with Gasteiger partial charge in [0.15, 0.2) is 0 Å². The summed E-state index contributed by atoms with van der Waals surface area (Å²) in [4.78, 5) is 19.6. The normalized spacial score (nSPS) is 22.1. The highest BCUT2D eigenvalue weighted by atomic mass is 32.2. The first-order valence-electron chi connectivity index (χ1n) is 11.4. The molecule has 0 saturated carbocycles. The molecule has 2 aliphatic rings. The summed E-state index contributed by atoms with van der Waals surface area (Å²) in [6.07, 6.45) is 5.15. The molecule has 0 radical (unpaired) electrons. The summed E-state index contributed by atoms with van der Waals surface area (Å²) in [6, 6.07) is 10.2. The Bertz CT molecular complexity index is 1060. The maximum Gasteiger partial charge on any atom is 0.251 e. The van der Waals surface area contributed by atoms with Gasteiger partial charge >= 0.3 is 0 Å². The van der Waals surface area contributed by atoms with Crippen LogP contribution in [0.1, 0.15) is 49.0 Å². The number of pyridine rings is 1. The first-order valence-corrected chi connectivity index (χ1v) is 12.9. The SMILES string of the molecule is CC1CC(C)CN(S(=O)(=O)c2cccc(C(=O)NCc3ccnc(N4CCCC4)c3)c2)C1. The van der Waals surface area contributed by atoms with Crippen molar-refractivity contribution in [1.29, 1.82) is 0 Å². The molecule has 2 atom stereocenters. The van der Waals surface area contributed by atoms with Crippen molar-refractivity contribution in [3.05, 3.63) is 53.7 Å². The zero-order valence-corrected chi connectivity index (χ0v) is 19.6. The minimum Gasteiger partial charge on any atom is -0.357 e. The van der Waals surface area contributed by atoms with E-state index in [1.807, 2.05) is 12.1 Å². The van der Waals surface area contributed by atoms with Crippen LogP contribution in [0.3, 0.4) is 0 Å². The van der Waals surface area contributed by atoms with Crippen LogP contribution in [0.25, 0.3) is 0 Å². The van der Waals surface area contributed by atoms with Crippen LogP contribution in [-0.4, -0.2) is 49.8 Å². The molecule has 7 nitrogen and oxygen atoms in total. The summed E-state index contributed by atoms with van der Waals surface area (Å²) < 4.78 is 27.9. The van der Waals surface area contributed by atoms with Crippen molar-refractivity contribution >= 4 is 21.7 Å². The quantitative estimate of drug-likeness (QED) is 0.721. The van der Waals surface area contributed by atoms with E-state index >= 15 is 0 Å². The third-order valence-corrected chi connectivity index (χ3v) is 8.09. The van der Waals surface area contributed by atoms with Crippen LogP contribution in [0.4, 0.5) is 5.82 Å². The van der Waals surface area contributed by atoms with E-state index in [1.165, 1.54) is 18.9 Å². The molecule has 3 heterocycles. The third kappa shape index (κ3) is 5.13. The van der Waals surface area contributed by atoms with Gasteiger partial charge in [0.25, 0.3) is 5.91 Å². The number of nitrogens with zero attached hydrogens (tertiary/aromatic N) is 3. The van der Waals surface area contributed by atoms with Gasteiger partial charge in [-0.3, -0.25) is 4.79 Å². The van der Waals surface area contributed by atoms with E-state index in [4.69, 9.17) is 0 Å². The summed E-state index contributed by atoms with van der Waals surface area (Å²) in [5.41, 5.74) is 1.31. The lowest BCUT2D eigenvalue weighted by molar-refractivity contribution is 0.0950. The Balaban J connectivity index is 1.44. The summed E-state index contributed by atoms with van der Waals surface area (Å²) in [6.45, 7) is 7.58. The molecule has 32 heavy (non-hydrogen) atoms. The van der Waals surface area contributed by atoms with Crippen molar-refractivity contribution in [2.75, 3.05) is 31.1 Å². The monoisotopic (exact) mass is 456 g/mol. The van der Waals surface area contributed by atoms with Crippen molar-refractivity contribution < 1.29 is 13.2 Å². The van der Waals surface area contributed by atoms with Crippen LogP contribution in [0.15, 0.2) is 47.5 Å². The zero-order valence-electron chi connectivity index (χ0n) is 18.8. The van der Waals surface area contributed by atoms with Gasteiger partial charge in [0.05, 0.1) is 4.90 Å². The molecule has 1 aromatic carbocycles. The summed E-state index contributed by atoms with van der Waals surface area (Å²) in [5.74, 6) is 1.30. The maximum atomic E-state index is 13.2. The molecule has 2 aliphatic heterocycles. The van der Waals surface area contributed by atoms with E-state index in [-0.39, 0.29) is 10.8 Å². The van der Waals surface area contributed by atoms with Gasteiger partial charge in [-0.25, -0.2) is 13.4 Å². The minimum absolute atomic E-state index is 0.173. The smallest absolute Gasteiger partial charge is 0.251 e. The predicted octanol–water partition coefficient (Wildman–Crippen LogP) is 3.28. The van der Waals surface area contributed by atoms with Crippen LogP contribution in [0.2, 0.25) is 0 Å². The van der Waals surface area contributed by atoms with Gasteiger partial charge in [-0.15, -0.1) is 0 Å². The molecule has 0 bridgehead atoms. The second-order valence-electron chi connectivity index (χ2n) is 9.20. The summed E-state index contributed by atoms with van der Waals surface area (Å²) in [7, 11) is -3.63. The summed E-state index contributed by atoms with van der Waals surface area (Å²) in [5, 5.41) is 2.91. The second-order valence-corrected chi connectivity index (χ2v) is 11.1. The molecule has 2 saturated heterocycles. The second kappa shape index (κ2) is 9.58. The number of amides is 1. The average molecular weight is 457 g/mol. The lowest BCUT2D eigenvalue weighted by atomic mass is 9.94. The molecule has 172 valence electrons. The largest absolute Gasteiger partial charge is 0.357 e.